The number of hydrogen-bond acceptors (Lipinski definition) is 5. The molecule has 9 heteroatoms. The first kappa shape index (κ1) is 23.1. The SMILES string of the molecule is O=C(/C=C/c1ccc(Cl)c(Cl)c1)N1CC[C@@H]2CN(C(=O)C3CCC4NNNC4C3)C[C@@H]2CC1. The van der Waals surface area contributed by atoms with Crippen LogP contribution < -0.4 is 16.4 Å². The molecule has 3 N–H and O–H groups in total. The predicted molar refractivity (Wildman–Crippen MR) is 129 cm³/mol. The molecule has 1 aromatic rings. The Labute approximate surface area is 204 Å². The number of likely N-dealkylation sites (tertiary alicyclic amines) is 2. The van der Waals surface area contributed by atoms with Gasteiger partial charge in [-0.1, -0.05) is 29.3 Å². The minimum atomic E-state index is 0.0250. The molecular weight excluding hydrogens is 461 g/mol. The van der Waals surface area contributed by atoms with E-state index >= 15 is 0 Å². The summed E-state index contributed by atoms with van der Waals surface area (Å²) < 4.78 is 0. The van der Waals surface area contributed by atoms with Crippen LogP contribution >= 0.6 is 23.2 Å². The zero-order valence-corrected chi connectivity index (χ0v) is 20.1. The molecule has 7 nitrogen and oxygen atoms in total. The van der Waals surface area contributed by atoms with Crippen molar-refractivity contribution in [1.82, 2.24) is 26.2 Å². The van der Waals surface area contributed by atoms with Crippen LogP contribution in [0.4, 0.5) is 0 Å². The lowest BCUT2D eigenvalue weighted by molar-refractivity contribution is -0.136. The summed E-state index contributed by atoms with van der Waals surface area (Å²) in [4.78, 5) is 30.0. The van der Waals surface area contributed by atoms with Crippen molar-refractivity contribution in [3.8, 4) is 0 Å². The van der Waals surface area contributed by atoms with Crippen LogP contribution in [0.2, 0.25) is 10.0 Å². The summed E-state index contributed by atoms with van der Waals surface area (Å²) in [5.74, 6) is 1.43. The van der Waals surface area contributed by atoms with E-state index in [2.05, 4.69) is 21.3 Å². The Hall–Kier alpha value is -1.64. The lowest BCUT2D eigenvalue weighted by atomic mass is 9.82. The quantitative estimate of drug-likeness (QED) is 0.566. The van der Waals surface area contributed by atoms with Crippen molar-refractivity contribution in [3.63, 3.8) is 0 Å². The molecule has 3 aliphatic heterocycles. The number of halogens is 2. The summed E-state index contributed by atoms with van der Waals surface area (Å²) in [6, 6.07) is 6.09. The van der Waals surface area contributed by atoms with E-state index in [1.54, 1.807) is 24.3 Å². The van der Waals surface area contributed by atoms with Crippen LogP contribution in [0.15, 0.2) is 24.3 Å². The third-order valence-corrected chi connectivity index (χ3v) is 8.56. The van der Waals surface area contributed by atoms with Crippen LogP contribution in [0.5, 0.6) is 0 Å². The van der Waals surface area contributed by atoms with Crippen LogP contribution in [0, 0.1) is 17.8 Å². The molecule has 3 saturated heterocycles. The lowest BCUT2D eigenvalue weighted by Crippen LogP contribution is -2.45. The van der Waals surface area contributed by atoms with Gasteiger partial charge in [-0.25, -0.2) is 10.9 Å². The number of amides is 2. The first-order chi connectivity index (χ1) is 16.0. The van der Waals surface area contributed by atoms with Crippen molar-refractivity contribution >= 4 is 41.1 Å². The lowest BCUT2D eigenvalue weighted by Gasteiger charge is -2.32. The van der Waals surface area contributed by atoms with Gasteiger partial charge in [0.2, 0.25) is 11.8 Å². The second-order valence-corrected chi connectivity index (χ2v) is 10.6. The Bertz CT molecular complexity index is 925. The molecule has 1 aromatic carbocycles. The van der Waals surface area contributed by atoms with E-state index in [1.807, 2.05) is 11.0 Å². The third kappa shape index (κ3) is 5.08. The summed E-state index contributed by atoms with van der Waals surface area (Å²) in [7, 11) is 0. The molecule has 178 valence electrons. The molecule has 4 fully saturated rings. The minimum Gasteiger partial charge on any atom is -0.342 e. The molecule has 33 heavy (non-hydrogen) atoms. The van der Waals surface area contributed by atoms with Crippen LogP contribution in [-0.4, -0.2) is 59.9 Å². The van der Waals surface area contributed by atoms with E-state index in [1.165, 1.54) is 0 Å². The van der Waals surface area contributed by atoms with E-state index in [0.717, 1.165) is 63.8 Å². The van der Waals surface area contributed by atoms with Gasteiger partial charge < -0.3 is 9.80 Å². The molecule has 0 aromatic heterocycles. The van der Waals surface area contributed by atoms with Crippen molar-refractivity contribution in [1.29, 1.82) is 0 Å². The second-order valence-electron chi connectivity index (χ2n) is 9.81. The molecule has 5 rings (SSSR count). The zero-order chi connectivity index (χ0) is 22.9. The highest BCUT2D eigenvalue weighted by Crippen LogP contribution is 2.35. The normalized spacial score (nSPS) is 32.0. The largest absolute Gasteiger partial charge is 0.342 e. The van der Waals surface area contributed by atoms with E-state index in [9.17, 15) is 9.59 Å². The molecule has 5 atom stereocenters. The summed E-state index contributed by atoms with van der Waals surface area (Å²) in [6.45, 7) is 3.14. The third-order valence-electron chi connectivity index (χ3n) is 7.82. The highest BCUT2D eigenvalue weighted by molar-refractivity contribution is 6.42. The van der Waals surface area contributed by atoms with Gasteiger partial charge >= 0.3 is 0 Å². The summed E-state index contributed by atoms with van der Waals surface area (Å²) in [6.07, 6.45) is 8.17. The predicted octanol–water partition coefficient (Wildman–Crippen LogP) is 2.85. The maximum Gasteiger partial charge on any atom is 0.246 e. The van der Waals surface area contributed by atoms with E-state index in [4.69, 9.17) is 23.2 Å². The molecule has 0 spiro atoms. The van der Waals surface area contributed by atoms with Crippen molar-refractivity contribution in [2.24, 2.45) is 17.8 Å². The molecule has 1 aliphatic carbocycles. The molecule has 0 bridgehead atoms. The Kier molecular flexibility index (Phi) is 6.95. The van der Waals surface area contributed by atoms with Gasteiger partial charge in [-0.15, -0.1) is 0 Å². The number of carbonyl (C=O) groups excluding carboxylic acids is 2. The standard InChI is InChI=1S/C24H31Cl2N5O2/c25-19-4-1-15(11-20(19)26)2-6-23(32)30-9-7-17-13-31(14-18(17)8-10-30)24(33)16-3-5-21-22(12-16)28-29-27-21/h1-2,4,6,11,16-18,21-22,27-29H,3,5,7-10,12-14H2/b6-2+/t16?,17-,18+,21?,22?. The molecule has 2 amide bonds. The fraction of sp³-hybridized carbons (Fsp3) is 0.583. The average Bonchev–Trinajstić information content (AvgIpc) is 3.41. The molecule has 3 heterocycles. The average molecular weight is 492 g/mol. The van der Waals surface area contributed by atoms with Crippen molar-refractivity contribution in [3.05, 3.63) is 39.9 Å². The second kappa shape index (κ2) is 9.92. The number of fused-ring (bicyclic) bond motifs is 2. The summed E-state index contributed by atoms with van der Waals surface area (Å²) >= 11 is 12.0. The van der Waals surface area contributed by atoms with E-state index in [-0.39, 0.29) is 11.8 Å². The number of hydrazine groups is 2. The molecule has 1 saturated carbocycles. The maximum absolute atomic E-state index is 13.2. The summed E-state index contributed by atoms with van der Waals surface area (Å²) in [5, 5.41) is 0.984. The first-order valence-corrected chi connectivity index (χ1v) is 12.7. The van der Waals surface area contributed by atoms with Gasteiger partial charge in [-0.2, -0.15) is 5.53 Å². The van der Waals surface area contributed by atoms with E-state index in [0.29, 0.717) is 39.9 Å². The molecular formula is C24H31Cl2N5O2. The number of rotatable bonds is 3. The fourth-order valence-corrected chi connectivity index (χ4v) is 6.16. The van der Waals surface area contributed by atoms with Gasteiger partial charge in [0.05, 0.1) is 10.0 Å². The van der Waals surface area contributed by atoms with Crippen molar-refractivity contribution < 1.29 is 9.59 Å². The Morgan fingerprint density at radius 3 is 2.36 bits per heavy atom. The highest BCUT2D eigenvalue weighted by atomic mass is 35.5. The monoisotopic (exact) mass is 491 g/mol. The summed E-state index contributed by atoms with van der Waals surface area (Å²) in [5.41, 5.74) is 10.3. The van der Waals surface area contributed by atoms with Crippen molar-refractivity contribution in [2.45, 2.75) is 44.2 Å². The highest BCUT2D eigenvalue weighted by Gasteiger charge is 2.42. The first-order valence-electron chi connectivity index (χ1n) is 11.9. The Morgan fingerprint density at radius 1 is 0.909 bits per heavy atom. The van der Waals surface area contributed by atoms with E-state index < -0.39 is 0 Å². The Morgan fingerprint density at radius 2 is 1.64 bits per heavy atom. The van der Waals surface area contributed by atoms with Crippen LogP contribution in [-0.2, 0) is 9.59 Å². The fourth-order valence-electron chi connectivity index (χ4n) is 5.85. The molecule has 0 radical (unpaired) electrons. The van der Waals surface area contributed by atoms with Gasteiger partial charge in [-0.3, -0.25) is 9.59 Å². The maximum atomic E-state index is 13.2. The number of nitrogens with one attached hydrogen (secondary N) is 3. The van der Waals surface area contributed by atoms with Gasteiger partial charge in [-0.05, 0) is 67.7 Å². The Balaban J connectivity index is 1.13. The van der Waals surface area contributed by atoms with Gasteiger partial charge in [0, 0.05) is 50.3 Å². The smallest absolute Gasteiger partial charge is 0.246 e. The minimum absolute atomic E-state index is 0.0250. The molecule has 3 unspecified atom stereocenters. The number of benzene rings is 1. The van der Waals surface area contributed by atoms with Crippen molar-refractivity contribution in [2.75, 3.05) is 26.2 Å². The zero-order valence-electron chi connectivity index (χ0n) is 18.6. The molecule has 4 aliphatic rings. The van der Waals surface area contributed by atoms with Crippen LogP contribution in [0.1, 0.15) is 37.7 Å². The van der Waals surface area contributed by atoms with Crippen LogP contribution in [0.3, 0.4) is 0 Å². The topological polar surface area (TPSA) is 76.7 Å². The number of hydrogen-bond donors (Lipinski definition) is 3. The number of carbonyl (C=O) groups is 2. The van der Waals surface area contributed by atoms with Crippen LogP contribution in [0.25, 0.3) is 6.08 Å². The number of nitrogens with zero attached hydrogens (tertiary/aromatic N) is 2. The van der Waals surface area contributed by atoms with Gasteiger partial charge in [0.1, 0.15) is 0 Å². The van der Waals surface area contributed by atoms with Gasteiger partial charge in [0.25, 0.3) is 0 Å². The van der Waals surface area contributed by atoms with Gasteiger partial charge in [0.15, 0.2) is 0 Å².